The van der Waals surface area contributed by atoms with Crippen molar-refractivity contribution in [1.29, 1.82) is 0 Å². The number of hydrogen-bond acceptors (Lipinski definition) is 4. The third-order valence-electron chi connectivity index (χ3n) is 4.57. The Kier molecular flexibility index (Phi) is 5.54. The van der Waals surface area contributed by atoms with Gasteiger partial charge in [-0.1, -0.05) is 25.1 Å². The Morgan fingerprint density at radius 1 is 1.11 bits per heavy atom. The summed E-state index contributed by atoms with van der Waals surface area (Å²) in [6, 6.07) is 12.8. The van der Waals surface area contributed by atoms with Gasteiger partial charge in [0.1, 0.15) is 0 Å². The molecule has 1 atom stereocenters. The van der Waals surface area contributed by atoms with Crippen molar-refractivity contribution in [3.05, 3.63) is 53.6 Å². The number of anilines is 1. The van der Waals surface area contributed by atoms with E-state index in [1.807, 2.05) is 31.2 Å². The topological polar surface area (TPSA) is 77.0 Å². The molecule has 1 N–H and O–H groups in total. The second-order valence-corrected chi connectivity index (χ2v) is 6.22. The first-order valence-electron chi connectivity index (χ1n) is 8.80. The summed E-state index contributed by atoms with van der Waals surface area (Å²) in [5, 5.41) is 2.82. The van der Waals surface area contributed by atoms with Gasteiger partial charge < -0.3 is 14.8 Å². The maximum atomic E-state index is 12.6. The quantitative estimate of drug-likeness (QED) is 0.848. The number of para-hydroxylation sites is 1. The second-order valence-electron chi connectivity index (χ2n) is 6.22. The molecule has 6 nitrogen and oxygen atoms in total. The SMILES string of the molecule is CCC1=NC(=O)C(CC(=O)Nc2ccccc2)c2cc(OC)c(OC)cc21. The van der Waals surface area contributed by atoms with Crippen LogP contribution in [-0.2, 0) is 9.59 Å². The molecule has 0 fully saturated rings. The highest BCUT2D eigenvalue weighted by molar-refractivity contribution is 6.13. The van der Waals surface area contributed by atoms with Gasteiger partial charge in [-0.25, -0.2) is 4.99 Å². The van der Waals surface area contributed by atoms with Crippen molar-refractivity contribution in [2.45, 2.75) is 25.7 Å². The Morgan fingerprint density at radius 3 is 2.41 bits per heavy atom. The van der Waals surface area contributed by atoms with Crippen molar-refractivity contribution in [3.8, 4) is 11.5 Å². The van der Waals surface area contributed by atoms with Crippen LogP contribution < -0.4 is 14.8 Å². The number of methoxy groups -OCH3 is 2. The van der Waals surface area contributed by atoms with Crippen LogP contribution in [0.25, 0.3) is 0 Å². The van der Waals surface area contributed by atoms with E-state index in [2.05, 4.69) is 10.3 Å². The second kappa shape index (κ2) is 8.03. The maximum absolute atomic E-state index is 12.6. The average molecular weight is 366 g/mol. The third kappa shape index (κ3) is 3.84. The monoisotopic (exact) mass is 366 g/mol. The molecule has 1 heterocycles. The van der Waals surface area contributed by atoms with Gasteiger partial charge in [-0.15, -0.1) is 0 Å². The summed E-state index contributed by atoms with van der Waals surface area (Å²) < 4.78 is 10.8. The minimum Gasteiger partial charge on any atom is -0.493 e. The number of rotatable bonds is 6. The molecule has 1 aliphatic heterocycles. The zero-order valence-corrected chi connectivity index (χ0v) is 15.6. The van der Waals surface area contributed by atoms with E-state index >= 15 is 0 Å². The van der Waals surface area contributed by atoms with Crippen LogP contribution in [0.1, 0.15) is 36.8 Å². The first kappa shape index (κ1) is 18.6. The molecule has 0 spiro atoms. The minimum absolute atomic E-state index is 0.0106. The zero-order valence-electron chi connectivity index (χ0n) is 15.6. The summed E-state index contributed by atoms with van der Waals surface area (Å²) in [5.41, 5.74) is 2.95. The lowest BCUT2D eigenvalue weighted by atomic mass is 9.85. The van der Waals surface area contributed by atoms with Crippen LogP contribution in [0.3, 0.4) is 0 Å². The molecule has 27 heavy (non-hydrogen) atoms. The number of nitrogens with one attached hydrogen (secondary N) is 1. The predicted molar refractivity (Wildman–Crippen MR) is 104 cm³/mol. The van der Waals surface area contributed by atoms with Crippen molar-refractivity contribution < 1.29 is 19.1 Å². The molecule has 0 saturated carbocycles. The molecule has 3 rings (SSSR count). The van der Waals surface area contributed by atoms with Crippen molar-refractivity contribution in [1.82, 2.24) is 0 Å². The molecule has 1 aliphatic rings. The molecule has 0 radical (unpaired) electrons. The zero-order chi connectivity index (χ0) is 19.4. The van der Waals surface area contributed by atoms with Crippen LogP contribution in [0.4, 0.5) is 5.69 Å². The van der Waals surface area contributed by atoms with Crippen LogP contribution in [0.15, 0.2) is 47.5 Å². The van der Waals surface area contributed by atoms with Gasteiger partial charge in [0, 0.05) is 17.7 Å². The summed E-state index contributed by atoms with van der Waals surface area (Å²) in [4.78, 5) is 29.3. The van der Waals surface area contributed by atoms with Gasteiger partial charge >= 0.3 is 0 Å². The predicted octanol–water partition coefficient (Wildman–Crippen LogP) is 3.56. The Hall–Kier alpha value is -3.15. The molecule has 2 amide bonds. The van der Waals surface area contributed by atoms with Gasteiger partial charge in [-0.3, -0.25) is 9.59 Å². The van der Waals surface area contributed by atoms with E-state index in [1.165, 1.54) is 0 Å². The van der Waals surface area contributed by atoms with Crippen LogP contribution in [0.2, 0.25) is 0 Å². The highest BCUT2D eigenvalue weighted by Gasteiger charge is 2.32. The maximum Gasteiger partial charge on any atom is 0.254 e. The summed E-state index contributed by atoms with van der Waals surface area (Å²) in [6.07, 6.45) is 0.619. The fourth-order valence-electron chi connectivity index (χ4n) is 3.22. The molecule has 1 unspecified atom stereocenters. The largest absolute Gasteiger partial charge is 0.493 e. The van der Waals surface area contributed by atoms with Crippen LogP contribution in [-0.4, -0.2) is 31.7 Å². The fourth-order valence-corrected chi connectivity index (χ4v) is 3.22. The average Bonchev–Trinajstić information content (AvgIpc) is 2.69. The molecule has 0 saturated heterocycles. The molecular formula is C21H22N2O4. The van der Waals surface area contributed by atoms with Gasteiger partial charge in [0.2, 0.25) is 5.91 Å². The smallest absolute Gasteiger partial charge is 0.254 e. The number of benzene rings is 2. The molecule has 0 aromatic heterocycles. The lowest BCUT2D eigenvalue weighted by Crippen LogP contribution is -2.26. The number of amides is 2. The van der Waals surface area contributed by atoms with Crippen molar-refractivity contribution in [2.75, 3.05) is 19.5 Å². The summed E-state index contributed by atoms with van der Waals surface area (Å²) in [5.74, 6) is -0.113. The molecule has 140 valence electrons. The first-order chi connectivity index (χ1) is 13.1. The highest BCUT2D eigenvalue weighted by Crippen LogP contribution is 2.38. The standard InChI is InChI=1S/C21H22N2O4/c1-4-17-15-11-19(27-3)18(26-2)10-14(15)16(21(25)23-17)12-20(24)22-13-8-6-5-7-9-13/h5-11,16H,4,12H2,1-3H3,(H,22,24). The highest BCUT2D eigenvalue weighted by atomic mass is 16.5. The lowest BCUT2D eigenvalue weighted by molar-refractivity contribution is -0.123. The van der Waals surface area contributed by atoms with E-state index in [0.717, 1.165) is 11.1 Å². The van der Waals surface area contributed by atoms with E-state index in [1.54, 1.807) is 32.4 Å². The Bertz CT molecular complexity index is 891. The van der Waals surface area contributed by atoms with Gasteiger partial charge in [0.25, 0.3) is 5.91 Å². The Morgan fingerprint density at radius 2 is 1.78 bits per heavy atom. The normalized spacial score (nSPS) is 15.6. The summed E-state index contributed by atoms with van der Waals surface area (Å²) >= 11 is 0. The molecular weight excluding hydrogens is 344 g/mol. The summed E-state index contributed by atoms with van der Waals surface area (Å²) in [7, 11) is 3.10. The first-order valence-corrected chi connectivity index (χ1v) is 8.80. The number of carbonyl (C=O) groups excluding carboxylic acids is 2. The van der Waals surface area contributed by atoms with Gasteiger partial charge in [0.05, 0.1) is 25.8 Å². The van der Waals surface area contributed by atoms with Crippen molar-refractivity contribution in [2.24, 2.45) is 4.99 Å². The molecule has 2 aromatic rings. The van der Waals surface area contributed by atoms with Crippen LogP contribution >= 0.6 is 0 Å². The van der Waals surface area contributed by atoms with E-state index in [9.17, 15) is 9.59 Å². The van der Waals surface area contributed by atoms with E-state index in [0.29, 0.717) is 29.3 Å². The molecule has 0 aliphatic carbocycles. The number of hydrogen-bond donors (Lipinski definition) is 1. The number of fused-ring (bicyclic) bond motifs is 1. The Labute approximate surface area is 158 Å². The minimum atomic E-state index is -0.654. The van der Waals surface area contributed by atoms with Crippen molar-refractivity contribution in [3.63, 3.8) is 0 Å². The van der Waals surface area contributed by atoms with Crippen molar-refractivity contribution >= 4 is 23.2 Å². The Balaban J connectivity index is 1.94. The number of carbonyl (C=O) groups is 2. The van der Waals surface area contributed by atoms with Gasteiger partial charge in [-0.2, -0.15) is 0 Å². The van der Waals surface area contributed by atoms with Crippen LogP contribution in [0.5, 0.6) is 11.5 Å². The van der Waals surface area contributed by atoms with E-state index < -0.39 is 5.92 Å². The number of nitrogens with zero attached hydrogens (tertiary/aromatic N) is 1. The van der Waals surface area contributed by atoms with E-state index in [-0.39, 0.29) is 18.2 Å². The number of aliphatic imine (C=N–C) groups is 1. The lowest BCUT2D eigenvalue weighted by Gasteiger charge is -2.24. The fraction of sp³-hybridized carbons (Fsp3) is 0.286. The van der Waals surface area contributed by atoms with Gasteiger partial charge in [-0.05, 0) is 36.2 Å². The number of ether oxygens (including phenoxy) is 2. The van der Waals surface area contributed by atoms with Gasteiger partial charge in [0.15, 0.2) is 11.5 Å². The third-order valence-corrected chi connectivity index (χ3v) is 4.57. The molecule has 6 heteroatoms. The molecule has 2 aromatic carbocycles. The van der Waals surface area contributed by atoms with Crippen LogP contribution in [0, 0.1) is 0 Å². The van der Waals surface area contributed by atoms with E-state index in [4.69, 9.17) is 9.47 Å². The summed E-state index contributed by atoms with van der Waals surface area (Å²) in [6.45, 7) is 1.94. The molecule has 0 bridgehead atoms.